The van der Waals surface area contributed by atoms with Crippen LogP contribution in [0.2, 0.25) is 5.02 Å². The van der Waals surface area contributed by atoms with Gasteiger partial charge < -0.3 is 0 Å². The van der Waals surface area contributed by atoms with E-state index in [1.807, 2.05) is 37.3 Å². The van der Waals surface area contributed by atoms with Gasteiger partial charge >= 0.3 is 0 Å². The summed E-state index contributed by atoms with van der Waals surface area (Å²) in [6, 6.07) is 16.7. The van der Waals surface area contributed by atoms with Crippen LogP contribution in [0.15, 0.2) is 54.6 Å². The van der Waals surface area contributed by atoms with E-state index >= 15 is 0 Å². The smallest absolute Gasteiger partial charge is 0.214 e. The molecule has 0 heterocycles. The van der Waals surface area contributed by atoms with E-state index in [1.165, 1.54) is 0 Å². The molecule has 1 N–H and O–H groups in total. The zero-order valence-corrected chi connectivity index (χ0v) is 13.4. The molecule has 1 atom stereocenters. The summed E-state index contributed by atoms with van der Waals surface area (Å²) in [6.45, 7) is 2.39. The molecule has 2 rings (SSSR count). The number of hydrogen-bond donors (Lipinski definition) is 1. The third kappa shape index (κ3) is 5.16. The van der Waals surface area contributed by atoms with Crippen molar-refractivity contribution in [1.82, 2.24) is 4.72 Å². The number of benzene rings is 2. The first-order valence-corrected chi connectivity index (χ1v) is 8.76. The fourth-order valence-electron chi connectivity index (χ4n) is 2.00. The van der Waals surface area contributed by atoms with Gasteiger partial charge in [0.1, 0.15) is 0 Å². The van der Waals surface area contributed by atoms with E-state index < -0.39 is 10.0 Å². The Kier molecular flexibility index (Phi) is 5.39. The zero-order chi connectivity index (χ0) is 15.3. The van der Waals surface area contributed by atoms with Crippen LogP contribution in [0.3, 0.4) is 0 Å². The minimum Gasteiger partial charge on any atom is -0.214 e. The van der Waals surface area contributed by atoms with Crippen molar-refractivity contribution in [2.45, 2.75) is 18.6 Å². The van der Waals surface area contributed by atoms with E-state index in [0.717, 1.165) is 11.1 Å². The van der Waals surface area contributed by atoms with Crippen LogP contribution in [-0.2, 0) is 15.8 Å². The molecule has 0 spiro atoms. The molecule has 21 heavy (non-hydrogen) atoms. The Morgan fingerprint density at radius 3 is 2.29 bits per heavy atom. The summed E-state index contributed by atoms with van der Waals surface area (Å²) in [5.74, 6) is 0.0947. The standard InChI is InChI=1S/C16H18ClNO2S/c1-13(15-5-3-2-4-6-15)11-18-21(19,20)12-14-7-9-16(17)10-8-14/h2-10,13,18H,11-12H2,1H3/t13-/m0/s1. The lowest BCUT2D eigenvalue weighted by Gasteiger charge is -2.13. The van der Waals surface area contributed by atoms with Gasteiger partial charge in [0, 0.05) is 11.6 Å². The van der Waals surface area contributed by atoms with Gasteiger partial charge in [-0.2, -0.15) is 0 Å². The van der Waals surface area contributed by atoms with Crippen molar-refractivity contribution < 1.29 is 8.42 Å². The van der Waals surface area contributed by atoms with Crippen molar-refractivity contribution >= 4 is 21.6 Å². The average molecular weight is 324 g/mol. The van der Waals surface area contributed by atoms with E-state index in [2.05, 4.69) is 4.72 Å². The van der Waals surface area contributed by atoms with Gasteiger partial charge in [-0.3, -0.25) is 0 Å². The predicted molar refractivity (Wildman–Crippen MR) is 86.9 cm³/mol. The van der Waals surface area contributed by atoms with Gasteiger partial charge in [-0.05, 0) is 29.2 Å². The lowest BCUT2D eigenvalue weighted by molar-refractivity contribution is 0.574. The van der Waals surface area contributed by atoms with Crippen LogP contribution in [0.1, 0.15) is 24.0 Å². The van der Waals surface area contributed by atoms with E-state index in [-0.39, 0.29) is 11.7 Å². The second-order valence-electron chi connectivity index (χ2n) is 5.05. The van der Waals surface area contributed by atoms with E-state index in [1.54, 1.807) is 24.3 Å². The minimum atomic E-state index is -3.34. The second kappa shape index (κ2) is 7.07. The molecule has 0 saturated heterocycles. The Hall–Kier alpha value is -1.36. The Morgan fingerprint density at radius 1 is 1.05 bits per heavy atom. The molecule has 0 saturated carbocycles. The van der Waals surface area contributed by atoms with Crippen LogP contribution in [0.25, 0.3) is 0 Å². The number of sulfonamides is 1. The molecular formula is C16H18ClNO2S. The van der Waals surface area contributed by atoms with Gasteiger partial charge in [0.05, 0.1) is 5.75 Å². The molecule has 112 valence electrons. The molecule has 3 nitrogen and oxygen atoms in total. The number of halogens is 1. The Bertz CT molecular complexity index is 669. The molecule has 0 fully saturated rings. The molecule has 0 aliphatic carbocycles. The highest BCUT2D eigenvalue weighted by molar-refractivity contribution is 7.88. The van der Waals surface area contributed by atoms with Crippen molar-refractivity contribution in [3.63, 3.8) is 0 Å². The summed E-state index contributed by atoms with van der Waals surface area (Å²) >= 11 is 5.79. The summed E-state index contributed by atoms with van der Waals surface area (Å²) in [4.78, 5) is 0. The van der Waals surface area contributed by atoms with Crippen molar-refractivity contribution in [2.24, 2.45) is 0 Å². The lowest BCUT2D eigenvalue weighted by atomic mass is 10.0. The van der Waals surface area contributed by atoms with Gasteiger partial charge in [0.15, 0.2) is 0 Å². The van der Waals surface area contributed by atoms with Crippen molar-refractivity contribution in [3.05, 3.63) is 70.7 Å². The minimum absolute atomic E-state index is 0.0360. The Balaban J connectivity index is 1.94. The highest BCUT2D eigenvalue weighted by Gasteiger charge is 2.14. The largest absolute Gasteiger partial charge is 0.215 e. The zero-order valence-electron chi connectivity index (χ0n) is 11.8. The van der Waals surface area contributed by atoms with Crippen LogP contribution < -0.4 is 4.72 Å². The molecule has 0 aliphatic rings. The summed E-state index contributed by atoms with van der Waals surface area (Å²) in [5, 5.41) is 0.599. The maximum Gasteiger partial charge on any atom is 0.215 e. The summed E-state index contributed by atoms with van der Waals surface area (Å²) in [6.07, 6.45) is 0. The highest BCUT2D eigenvalue weighted by atomic mass is 35.5. The monoisotopic (exact) mass is 323 g/mol. The summed E-state index contributed by atoms with van der Waals surface area (Å²) < 4.78 is 26.8. The first-order valence-electron chi connectivity index (χ1n) is 6.73. The van der Waals surface area contributed by atoms with Crippen molar-refractivity contribution in [2.75, 3.05) is 6.54 Å². The molecule has 0 unspecified atom stereocenters. The van der Waals surface area contributed by atoms with Crippen LogP contribution in [0.4, 0.5) is 0 Å². The SMILES string of the molecule is C[C@@H](CNS(=O)(=O)Cc1ccc(Cl)cc1)c1ccccc1. The van der Waals surface area contributed by atoms with Crippen LogP contribution >= 0.6 is 11.6 Å². The van der Waals surface area contributed by atoms with Gasteiger partial charge in [0.25, 0.3) is 0 Å². The molecule has 5 heteroatoms. The third-order valence-corrected chi connectivity index (χ3v) is 4.82. The second-order valence-corrected chi connectivity index (χ2v) is 7.29. The average Bonchev–Trinajstić information content (AvgIpc) is 2.48. The quantitative estimate of drug-likeness (QED) is 0.883. The highest BCUT2D eigenvalue weighted by Crippen LogP contribution is 2.15. The number of nitrogens with one attached hydrogen (secondary N) is 1. The Labute approximate surface area is 131 Å². The number of rotatable bonds is 6. The van der Waals surface area contributed by atoms with Crippen LogP contribution in [0.5, 0.6) is 0 Å². The Morgan fingerprint density at radius 2 is 1.67 bits per heavy atom. The molecule has 0 bridgehead atoms. The molecule has 0 amide bonds. The molecular weight excluding hydrogens is 306 g/mol. The van der Waals surface area contributed by atoms with Crippen LogP contribution in [-0.4, -0.2) is 15.0 Å². The predicted octanol–water partition coefficient (Wildman–Crippen LogP) is 3.56. The fraction of sp³-hybridized carbons (Fsp3) is 0.250. The lowest BCUT2D eigenvalue weighted by Crippen LogP contribution is -2.28. The number of hydrogen-bond acceptors (Lipinski definition) is 2. The van der Waals surface area contributed by atoms with E-state index in [4.69, 9.17) is 11.6 Å². The molecule has 0 aromatic heterocycles. The maximum absolute atomic E-state index is 12.1. The molecule has 2 aromatic rings. The van der Waals surface area contributed by atoms with E-state index in [0.29, 0.717) is 11.6 Å². The maximum atomic E-state index is 12.1. The van der Waals surface area contributed by atoms with E-state index in [9.17, 15) is 8.42 Å². The van der Waals surface area contributed by atoms with Gasteiger partial charge in [-0.25, -0.2) is 13.1 Å². The van der Waals surface area contributed by atoms with Crippen LogP contribution in [0, 0.1) is 0 Å². The third-order valence-electron chi connectivity index (χ3n) is 3.25. The first kappa shape index (κ1) is 16.0. The molecule has 2 aromatic carbocycles. The van der Waals surface area contributed by atoms with Gasteiger partial charge in [0.2, 0.25) is 10.0 Å². The normalized spacial score (nSPS) is 13.0. The topological polar surface area (TPSA) is 46.2 Å². The van der Waals surface area contributed by atoms with Crippen molar-refractivity contribution in [1.29, 1.82) is 0 Å². The van der Waals surface area contributed by atoms with Gasteiger partial charge in [-0.1, -0.05) is 61.0 Å². The molecule has 0 aliphatic heterocycles. The summed E-state index contributed by atoms with van der Waals surface area (Å²) in [7, 11) is -3.34. The van der Waals surface area contributed by atoms with Crippen molar-refractivity contribution in [3.8, 4) is 0 Å². The first-order chi connectivity index (χ1) is 9.96. The van der Waals surface area contributed by atoms with Gasteiger partial charge in [-0.15, -0.1) is 0 Å². The summed E-state index contributed by atoms with van der Waals surface area (Å²) in [5.41, 5.74) is 1.84. The fourth-order valence-corrected chi connectivity index (χ4v) is 3.37. The molecule has 0 radical (unpaired) electrons.